The van der Waals surface area contributed by atoms with Gasteiger partial charge < -0.3 is 14.8 Å². The molecule has 3 atom stereocenters. The lowest BCUT2D eigenvalue weighted by molar-refractivity contribution is 0.0998. The van der Waals surface area contributed by atoms with Crippen molar-refractivity contribution in [1.82, 2.24) is 10.6 Å². The average molecular weight is 508 g/mol. The van der Waals surface area contributed by atoms with Gasteiger partial charge in [-0.1, -0.05) is 47.1 Å². The summed E-state index contributed by atoms with van der Waals surface area (Å²) in [5.74, 6) is 0.891. The van der Waals surface area contributed by atoms with Crippen LogP contribution in [0, 0.1) is 0 Å². The van der Waals surface area contributed by atoms with E-state index in [2.05, 4.69) is 64.7 Å². The van der Waals surface area contributed by atoms with Crippen molar-refractivity contribution < 1.29 is 9.47 Å². The Morgan fingerprint density at radius 2 is 1.69 bits per heavy atom. The van der Waals surface area contributed by atoms with E-state index in [-0.39, 0.29) is 37.1 Å². The molecule has 0 heterocycles. The van der Waals surface area contributed by atoms with E-state index >= 15 is 0 Å². The molecule has 0 aliphatic heterocycles. The van der Waals surface area contributed by atoms with Gasteiger partial charge in [0.25, 0.3) is 0 Å². The molecule has 2 N–H and O–H groups in total. The fourth-order valence-corrected chi connectivity index (χ4v) is 3.43. The monoisotopic (exact) mass is 506 g/mol. The van der Waals surface area contributed by atoms with Crippen LogP contribution in [0.1, 0.15) is 38.0 Å². The van der Waals surface area contributed by atoms with Gasteiger partial charge in [0.1, 0.15) is 12.0 Å². The van der Waals surface area contributed by atoms with E-state index in [4.69, 9.17) is 9.47 Å². The van der Waals surface area contributed by atoms with Crippen LogP contribution in [0.5, 0.6) is 5.75 Å². The standard InChI is InChI=1S/C22H31BrN2O2.2ClH/c1-5-24-17(3)27-21-11-9-18(10-12-21)13-16(2)25-15-22(26-4)19-7-6-8-20(23)14-19;;/h6-12,14,16-17,22,24-25H,5,13,15H2,1-4H3;2*1H. The zero-order chi connectivity index (χ0) is 19.6. The summed E-state index contributed by atoms with van der Waals surface area (Å²) in [7, 11) is 1.75. The molecule has 0 aliphatic carbocycles. The van der Waals surface area contributed by atoms with E-state index < -0.39 is 0 Å². The molecule has 2 aromatic rings. The molecule has 0 saturated heterocycles. The SMILES string of the molecule is CCNC(C)Oc1ccc(CC(C)NCC(OC)c2cccc(Br)c2)cc1.Cl.Cl. The molecule has 0 saturated carbocycles. The van der Waals surface area contributed by atoms with Crippen molar-refractivity contribution >= 4 is 40.7 Å². The molecule has 2 rings (SSSR count). The quantitative estimate of drug-likeness (QED) is 0.392. The van der Waals surface area contributed by atoms with E-state index in [0.717, 1.165) is 29.7 Å². The third-order valence-corrected chi connectivity index (χ3v) is 4.92. The average Bonchev–Trinajstić information content (AvgIpc) is 2.64. The minimum atomic E-state index is 0. The lowest BCUT2D eigenvalue weighted by atomic mass is 10.1. The van der Waals surface area contributed by atoms with Gasteiger partial charge in [0.15, 0.2) is 0 Å². The minimum absolute atomic E-state index is 0. The van der Waals surface area contributed by atoms with E-state index in [0.29, 0.717) is 6.04 Å². The zero-order valence-corrected chi connectivity index (χ0v) is 20.7. The number of benzene rings is 2. The molecule has 0 bridgehead atoms. The number of ether oxygens (including phenoxy) is 2. The van der Waals surface area contributed by atoms with Crippen molar-refractivity contribution in [3.05, 3.63) is 64.1 Å². The molecular weight excluding hydrogens is 475 g/mol. The van der Waals surface area contributed by atoms with Gasteiger partial charge in [0.05, 0.1) is 6.10 Å². The maximum Gasteiger partial charge on any atom is 0.147 e. The molecule has 3 unspecified atom stereocenters. The number of halogens is 3. The van der Waals surface area contributed by atoms with Gasteiger partial charge in [0.2, 0.25) is 0 Å². The fourth-order valence-electron chi connectivity index (χ4n) is 3.02. The summed E-state index contributed by atoms with van der Waals surface area (Å²) in [6.45, 7) is 7.95. The number of methoxy groups -OCH3 is 1. The third kappa shape index (κ3) is 10.2. The Labute approximate surface area is 196 Å². The van der Waals surface area contributed by atoms with Crippen molar-refractivity contribution in [2.75, 3.05) is 20.2 Å². The second kappa shape index (κ2) is 15.1. The number of hydrogen-bond donors (Lipinski definition) is 2. The van der Waals surface area contributed by atoms with Gasteiger partial charge in [-0.2, -0.15) is 0 Å². The van der Waals surface area contributed by atoms with E-state index in [1.165, 1.54) is 11.1 Å². The maximum absolute atomic E-state index is 5.82. The lowest BCUT2D eigenvalue weighted by Crippen LogP contribution is -2.32. The fraction of sp³-hybridized carbons (Fsp3) is 0.455. The maximum atomic E-state index is 5.82. The molecule has 7 heteroatoms. The Balaban J connectivity index is 0.00000392. The summed E-state index contributed by atoms with van der Waals surface area (Å²) in [6.07, 6.45) is 1.01. The van der Waals surface area contributed by atoms with Gasteiger partial charge in [-0.25, -0.2) is 0 Å². The smallest absolute Gasteiger partial charge is 0.147 e. The highest BCUT2D eigenvalue weighted by Gasteiger charge is 2.13. The largest absolute Gasteiger partial charge is 0.476 e. The van der Waals surface area contributed by atoms with Crippen molar-refractivity contribution in [1.29, 1.82) is 0 Å². The molecule has 2 aromatic carbocycles. The van der Waals surface area contributed by atoms with Crippen molar-refractivity contribution in [3.63, 3.8) is 0 Å². The molecule has 0 radical (unpaired) electrons. The zero-order valence-electron chi connectivity index (χ0n) is 17.5. The van der Waals surface area contributed by atoms with Gasteiger partial charge in [-0.05, 0) is 62.2 Å². The van der Waals surface area contributed by atoms with Crippen LogP contribution < -0.4 is 15.4 Å². The van der Waals surface area contributed by atoms with Gasteiger partial charge in [-0.15, -0.1) is 24.8 Å². The molecule has 4 nitrogen and oxygen atoms in total. The van der Waals surface area contributed by atoms with E-state index in [1.54, 1.807) is 7.11 Å². The van der Waals surface area contributed by atoms with Gasteiger partial charge in [0, 0.05) is 24.2 Å². The van der Waals surface area contributed by atoms with Crippen LogP contribution >= 0.6 is 40.7 Å². The highest BCUT2D eigenvalue weighted by atomic mass is 79.9. The van der Waals surface area contributed by atoms with Crippen molar-refractivity contribution in [3.8, 4) is 5.75 Å². The Kier molecular flexibility index (Phi) is 14.6. The van der Waals surface area contributed by atoms with Gasteiger partial charge in [-0.3, -0.25) is 5.32 Å². The van der Waals surface area contributed by atoms with Crippen LogP contribution in [0.3, 0.4) is 0 Å². The van der Waals surface area contributed by atoms with Crippen LogP contribution in [-0.4, -0.2) is 32.5 Å². The molecule has 0 aliphatic rings. The highest BCUT2D eigenvalue weighted by Crippen LogP contribution is 2.20. The first-order chi connectivity index (χ1) is 13.0. The first-order valence-electron chi connectivity index (χ1n) is 9.52. The first kappa shape index (κ1) is 28.2. The van der Waals surface area contributed by atoms with E-state index in [9.17, 15) is 0 Å². The Morgan fingerprint density at radius 3 is 2.28 bits per heavy atom. The van der Waals surface area contributed by atoms with Crippen LogP contribution in [-0.2, 0) is 11.2 Å². The summed E-state index contributed by atoms with van der Waals surface area (Å²) in [5, 5.41) is 6.83. The van der Waals surface area contributed by atoms with E-state index in [1.807, 2.05) is 31.2 Å². The lowest BCUT2D eigenvalue weighted by Gasteiger charge is -2.21. The highest BCUT2D eigenvalue weighted by molar-refractivity contribution is 9.10. The Morgan fingerprint density at radius 1 is 1.00 bits per heavy atom. The minimum Gasteiger partial charge on any atom is -0.476 e. The third-order valence-electron chi connectivity index (χ3n) is 4.43. The molecule has 0 aromatic heterocycles. The number of rotatable bonds is 11. The molecule has 0 amide bonds. The van der Waals surface area contributed by atoms with Crippen LogP contribution in [0.15, 0.2) is 53.0 Å². The Hall–Kier alpha value is -0.820. The topological polar surface area (TPSA) is 42.5 Å². The second-order valence-electron chi connectivity index (χ2n) is 6.75. The summed E-state index contributed by atoms with van der Waals surface area (Å²) in [6, 6.07) is 17.0. The van der Waals surface area contributed by atoms with Crippen LogP contribution in [0.2, 0.25) is 0 Å². The predicted molar refractivity (Wildman–Crippen MR) is 130 cm³/mol. The second-order valence-corrected chi connectivity index (χ2v) is 7.67. The van der Waals surface area contributed by atoms with Gasteiger partial charge >= 0.3 is 0 Å². The summed E-state index contributed by atoms with van der Waals surface area (Å²) >= 11 is 3.52. The summed E-state index contributed by atoms with van der Waals surface area (Å²) < 4.78 is 12.5. The van der Waals surface area contributed by atoms with Crippen molar-refractivity contribution in [2.24, 2.45) is 0 Å². The predicted octanol–water partition coefficient (Wildman–Crippen LogP) is 5.54. The van der Waals surface area contributed by atoms with Crippen LogP contribution in [0.4, 0.5) is 0 Å². The molecule has 0 fully saturated rings. The molecule has 164 valence electrons. The first-order valence-corrected chi connectivity index (χ1v) is 10.3. The Bertz CT molecular complexity index is 689. The molecule has 0 spiro atoms. The normalized spacial score (nSPS) is 13.6. The summed E-state index contributed by atoms with van der Waals surface area (Å²) in [4.78, 5) is 0. The molecular formula is C22H33BrCl2N2O2. The van der Waals surface area contributed by atoms with Crippen molar-refractivity contribution in [2.45, 2.75) is 45.6 Å². The molecule has 29 heavy (non-hydrogen) atoms. The van der Waals surface area contributed by atoms with Crippen LogP contribution in [0.25, 0.3) is 0 Å². The number of hydrogen-bond acceptors (Lipinski definition) is 4. The number of nitrogens with one attached hydrogen (secondary N) is 2. The summed E-state index contributed by atoms with van der Waals surface area (Å²) in [5.41, 5.74) is 2.46.